The van der Waals surface area contributed by atoms with Gasteiger partial charge in [-0.1, -0.05) is 74.7 Å². The molecule has 0 aromatic heterocycles. The second-order valence-corrected chi connectivity index (χ2v) is 9.84. The predicted molar refractivity (Wildman–Crippen MR) is 131 cm³/mol. The van der Waals surface area contributed by atoms with E-state index in [2.05, 4.69) is 45.5 Å². The number of thioether (sulfide) groups is 1. The maximum atomic E-state index is 12.7. The van der Waals surface area contributed by atoms with Crippen LogP contribution in [0.2, 0.25) is 0 Å². The highest BCUT2D eigenvalue weighted by Gasteiger charge is 2.27. The summed E-state index contributed by atoms with van der Waals surface area (Å²) in [6, 6.07) is 10.2. The number of rotatable bonds is 11. The molecule has 2 fully saturated rings. The third kappa shape index (κ3) is 8.17. The molecular formula is C23H36N4OS2. The molecule has 1 saturated carbocycles. The van der Waals surface area contributed by atoms with Gasteiger partial charge in [-0.3, -0.25) is 10.1 Å². The van der Waals surface area contributed by atoms with Gasteiger partial charge in [-0.05, 0) is 24.3 Å². The van der Waals surface area contributed by atoms with Crippen molar-refractivity contribution < 1.29 is 4.79 Å². The van der Waals surface area contributed by atoms with E-state index >= 15 is 0 Å². The summed E-state index contributed by atoms with van der Waals surface area (Å²) >= 11 is 7.47. The largest absolute Gasteiger partial charge is 0.377 e. The molecule has 2 atom stereocenters. The van der Waals surface area contributed by atoms with E-state index in [1.807, 2.05) is 6.07 Å². The van der Waals surface area contributed by atoms with Crippen LogP contribution in [-0.2, 0) is 11.3 Å². The minimum atomic E-state index is -0.0949. The van der Waals surface area contributed by atoms with Crippen molar-refractivity contribution in [2.75, 3.05) is 24.7 Å². The minimum absolute atomic E-state index is 0.0732. The van der Waals surface area contributed by atoms with E-state index in [4.69, 9.17) is 12.2 Å². The summed E-state index contributed by atoms with van der Waals surface area (Å²) in [5.41, 5.74) is 1.28. The molecule has 1 amide bonds. The highest BCUT2D eigenvalue weighted by molar-refractivity contribution is 7.99. The maximum absolute atomic E-state index is 12.7. The zero-order valence-electron chi connectivity index (χ0n) is 17.8. The molecule has 1 saturated heterocycles. The Hall–Kier alpha value is -1.15. The van der Waals surface area contributed by atoms with E-state index in [0.29, 0.717) is 0 Å². The van der Waals surface area contributed by atoms with Crippen LogP contribution in [-0.4, -0.2) is 47.7 Å². The lowest BCUT2D eigenvalue weighted by Crippen LogP contribution is -2.52. The molecule has 3 rings (SSSR count). The molecule has 1 aliphatic heterocycles. The van der Waals surface area contributed by atoms with E-state index < -0.39 is 0 Å². The molecule has 0 spiro atoms. The number of nitrogens with one attached hydrogen (secondary N) is 4. The van der Waals surface area contributed by atoms with Crippen LogP contribution in [0.5, 0.6) is 0 Å². The summed E-state index contributed by atoms with van der Waals surface area (Å²) < 4.78 is 0. The highest BCUT2D eigenvalue weighted by atomic mass is 32.2. The number of benzene rings is 1. The molecule has 4 N–H and O–H groups in total. The van der Waals surface area contributed by atoms with Crippen LogP contribution in [0.1, 0.15) is 50.5 Å². The summed E-state index contributed by atoms with van der Waals surface area (Å²) in [4.78, 5) is 13.4. The Labute approximate surface area is 190 Å². The summed E-state index contributed by atoms with van der Waals surface area (Å²) in [5, 5.41) is 13.3. The lowest BCUT2D eigenvalue weighted by Gasteiger charge is -2.26. The van der Waals surface area contributed by atoms with Crippen LogP contribution >= 0.6 is 24.0 Å². The van der Waals surface area contributed by atoms with Crippen molar-refractivity contribution in [2.24, 2.45) is 5.92 Å². The monoisotopic (exact) mass is 448 g/mol. The van der Waals surface area contributed by atoms with Crippen molar-refractivity contribution in [3.63, 3.8) is 0 Å². The molecule has 0 unspecified atom stereocenters. The number of carbonyl (C=O) groups is 1. The SMILES string of the molecule is O=C(N[C@H](CCC1CCCCC1)C(=S)NCCNCc1ccccc1)[C@@H]1CSCN1. The molecule has 1 heterocycles. The molecule has 1 aromatic carbocycles. The standard InChI is InChI=1S/C23H36N4OS2/c28-22(21-16-30-17-26-21)27-20(12-11-18-7-3-1-4-8-18)23(29)25-14-13-24-15-19-9-5-2-6-10-19/h2,5-6,9-10,18,20-21,24,26H,1,3-4,7-8,11-17H2,(H,25,29)(H,27,28)/t20-,21+/m1/s1. The van der Waals surface area contributed by atoms with Gasteiger partial charge >= 0.3 is 0 Å². The predicted octanol–water partition coefficient (Wildman–Crippen LogP) is 3.20. The van der Waals surface area contributed by atoms with Gasteiger partial charge in [0.05, 0.1) is 17.1 Å². The van der Waals surface area contributed by atoms with E-state index in [9.17, 15) is 4.79 Å². The van der Waals surface area contributed by atoms with Gasteiger partial charge in [0.2, 0.25) is 5.91 Å². The van der Waals surface area contributed by atoms with Crippen molar-refractivity contribution >= 4 is 34.9 Å². The number of hydrogen-bond donors (Lipinski definition) is 4. The average Bonchev–Trinajstić information content (AvgIpc) is 3.33. The van der Waals surface area contributed by atoms with Gasteiger partial charge in [0.25, 0.3) is 0 Å². The molecule has 0 bridgehead atoms. The molecule has 166 valence electrons. The van der Waals surface area contributed by atoms with Crippen LogP contribution in [0.3, 0.4) is 0 Å². The number of thiocarbonyl (C=S) groups is 1. The van der Waals surface area contributed by atoms with Gasteiger partial charge in [0.1, 0.15) is 0 Å². The highest BCUT2D eigenvalue weighted by Crippen LogP contribution is 2.27. The molecule has 30 heavy (non-hydrogen) atoms. The van der Waals surface area contributed by atoms with E-state index in [0.717, 1.165) is 55.0 Å². The Morgan fingerprint density at radius 1 is 1.17 bits per heavy atom. The van der Waals surface area contributed by atoms with Gasteiger partial charge < -0.3 is 16.0 Å². The summed E-state index contributed by atoms with van der Waals surface area (Å²) in [5.74, 6) is 2.56. The summed E-state index contributed by atoms with van der Waals surface area (Å²) in [7, 11) is 0. The van der Waals surface area contributed by atoms with Crippen molar-refractivity contribution in [1.82, 2.24) is 21.3 Å². The Morgan fingerprint density at radius 2 is 1.97 bits per heavy atom. The fourth-order valence-electron chi connectivity index (χ4n) is 4.21. The zero-order valence-corrected chi connectivity index (χ0v) is 19.5. The normalized spacial score (nSPS) is 20.6. The molecule has 0 radical (unpaired) electrons. The fraction of sp³-hybridized carbons (Fsp3) is 0.652. The second-order valence-electron chi connectivity index (χ2n) is 8.37. The molecule has 2 aliphatic rings. The first-order chi connectivity index (χ1) is 14.7. The van der Waals surface area contributed by atoms with Crippen LogP contribution < -0.4 is 21.3 Å². The first-order valence-electron chi connectivity index (χ1n) is 11.4. The minimum Gasteiger partial charge on any atom is -0.377 e. The van der Waals surface area contributed by atoms with Gasteiger partial charge in [-0.2, -0.15) is 0 Å². The second kappa shape index (κ2) is 13.3. The van der Waals surface area contributed by atoms with Gasteiger partial charge in [-0.15, -0.1) is 11.8 Å². The van der Waals surface area contributed by atoms with E-state index in [1.165, 1.54) is 37.7 Å². The Kier molecular flexibility index (Phi) is 10.4. The van der Waals surface area contributed by atoms with Crippen molar-refractivity contribution in [1.29, 1.82) is 0 Å². The summed E-state index contributed by atoms with van der Waals surface area (Å²) in [6.07, 6.45) is 8.79. The number of amides is 1. The van der Waals surface area contributed by atoms with Gasteiger partial charge in [0.15, 0.2) is 0 Å². The molecule has 7 heteroatoms. The van der Waals surface area contributed by atoms with E-state index in [1.54, 1.807) is 11.8 Å². The Morgan fingerprint density at radius 3 is 2.70 bits per heavy atom. The van der Waals surface area contributed by atoms with Crippen molar-refractivity contribution in [3.05, 3.63) is 35.9 Å². The molecule has 1 aromatic rings. The van der Waals surface area contributed by atoms with E-state index in [-0.39, 0.29) is 18.0 Å². The smallest absolute Gasteiger partial charge is 0.238 e. The van der Waals surface area contributed by atoms with Gasteiger partial charge in [-0.25, -0.2) is 0 Å². The van der Waals surface area contributed by atoms with Crippen LogP contribution in [0.15, 0.2) is 30.3 Å². The summed E-state index contributed by atoms with van der Waals surface area (Å²) in [6.45, 7) is 2.44. The zero-order chi connectivity index (χ0) is 21.0. The Bertz CT molecular complexity index is 646. The first kappa shape index (κ1) is 23.5. The first-order valence-corrected chi connectivity index (χ1v) is 12.9. The van der Waals surface area contributed by atoms with Crippen molar-refractivity contribution in [3.8, 4) is 0 Å². The molecular weight excluding hydrogens is 412 g/mol. The van der Waals surface area contributed by atoms with Crippen LogP contribution in [0.4, 0.5) is 0 Å². The quantitative estimate of drug-likeness (QED) is 0.308. The Balaban J connectivity index is 1.42. The lowest BCUT2D eigenvalue weighted by molar-refractivity contribution is -0.122. The third-order valence-corrected chi connectivity index (χ3v) is 7.40. The van der Waals surface area contributed by atoms with Crippen LogP contribution in [0, 0.1) is 5.92 Å². The lowest BCUT2D eigenvalue weighted by atomic mass is 9.85. The molecule has 1 aliphatic carbocycles. The maximum Gasteiger partial charge on any atom is 0.238 e. The third-order valence-electron chi connectivity index (χ3n) is 6.03. The van der Waals surface area contributed by atoms with Crippen molar-refractivity contribution in [2.45, 2.75) is 63.6 Å². The number of carbonyl (C=O) groups excluding carboxylic acids is 1. The van der Waals surface area contributed by atoms with Gasteiger partial charge in [0, 0.05) is 31.3 Å². The number of hydrogen-bond acceptors (Lipinski definition) is 5. The fourth-order valence-corrected chi connectivity index (χ4v) is 5.43. The topological polar surface area (TPSA) is 65.2 Å². The molecule has 5 nitrogen and oxygen atoms in total. The van der Waals surface area contributed by atoms with Crippen LogP contribution in [0.25, 0.3) is 0 Å². The average molecular weight is 449 g/mol.